The molecule has 11 heteroatoms. The summed E-state index contributed by atoms with van der Waals surface area (Å²) in [6.07, 6.45) is 0. The van der Waals surface area contributed by atoms with E-state index in [4.69, 9.17) is 4.74 Å². The first-order valence-corrected chi connectivity index (χ1v) is 14.7. The molecule has 0 radical (unpaired) electrons. The highest BCUT2D eigenvalue weighted by Gasteiger charge is 2.49. The fourth-order valence-corrected chi connectivity index (χ4v) is 6.75. The summed E-state index contributed by atoms with van der Waals surface area (Å²) in [5, 5.41) is 30.7. The third-order valence-electron chi connectivity index (χ3n) is 6.49. The number of nitrogens with zero attached hydrogens (tertiary/aromatic N) is 3. The summed E-state index contributed by atoms with van der Waals surface area (Å²) in [6, 6.07) is 17.5. The Bertz CT molecular complexity index is 1650. The number of carbonyl (C=O) groups is 2. The van der Waals surface area contributed by atoms with Gasteiger partial charge in [0.1, 0.15) is 5.76 Å². The van der Waals surface area contributed by atoms with Crippen molar-refractivity contribution in [3.8, 4) is 11.5 Å². The molecule has 4 aromatic rings. The first-order chi connectivity index (χ1) is 19.2. The van der Waals surface area contributed by atoms with Crippen molar-refractivity contribution in [1.82, 2.24) is 10.2 Å². The zero-order valence-electron chi connectivity index (χ0n) is 21.7. The van der Waals surface area contributed by atoms with E-state index in [1.165, 1.54) is 41.2 Å². The van der Waals surface area contributed by atoms with Crippen molar-refractivity contribution in [2.75, 3.05) is 12.0 Å². The van der Waals surface area contributed by atoms with Gasteiger partial charge in [0.15, 0.2) is 15.8 Å². The van der Waals surface area contributed by atoms with Crippen LogP contribution in [0.5, 0.6) is 11.5 Å². The lowest BCUT2D eigenvalue weighted by atomic mass is 9.93. The van der Waals surface area contributed by atoms with Crippen molar-refractivity contribution in [3.05, 3.63) is 98.5 Å². The van der Waals surface area contributed by atoms with Gasteiger partial charge in [-0.3, -0.25) is 14.5 Å². The molecule has 1 aromatic heterocycles. The number of aromatic nitrogens is 2. The number of hydrogen-bond acceptors (Lipinski definition) is 9. The van der Waals surface area contributed by atoms with Crippen LogP contribution in [0, 0.1) is 13.8 Å². The number of halogens is 1. The Morgan fingerprint density at radius 3 is 2.58 bits per heavy atom. The normalized spacial score (nSPS) is 16.5. The molecule has 0 spiro atoms. The molecule has 1 amide bonds. The third-order valence-corrected chi connectivity index (χ3v) is 9.22. The van der Waals surface area contributed by atoms with E-state index in [1.807, 2.05) is 56.3 Å². The molecule has 204 valence electrons. The van der Waals surface area contributed by atoms with Crippen LogP contribution in [0.15, 0.2) is 75.0 Å². The van der Waals surface area contributed by atoms with Gasteiger partial charge in [-0.05, 0) is 64.7 Å². The number of phenolic OH excluding ortho intramolecular Hbond substituents is 1. The molecule has 1 saturated heterocycles. The van der Waals surface area contributed by atoms with Gasteiger partial charge in [0.05, 0.1) is 23.2 Å². The number of benzene rings is 3. The Labute approximate surface area is 247 Å². The van der Waals surface area contributed by atoms with Crippen molar-refractivity contribution in [1.29, 1.82) is 0 Å². The summed E-state index contributed by atoms with van der Waals surface area (Å²) in [6.45, 7) is 3.70. The highest BCUT2D eigenvalue weighted by molar-refractivity contribution is 9.10. The number of methoxy groups -OCH3 is 1. The number of aromatic hydroxyl groups is 1. The number of aliphatic hydroxyl groups is 1. The molecule has 1 unspecified atom stereocenters. The van der Waals surface area contributed by atoms with Crippen LogP contribution in [0.2, 0.25) is 0 Å². The second kappa shape index (κ2) is 11.4. The van der Waals surface area contributed by atoms with Crippen molar-refractivity contribution >= 4 is 61.6 Å². The Morgan fingerprint density at radius 1 is 1.10 bits per heavy atom. The van der Waals surface area contributed by atoms with Crippen LogP contribution in [0.3, 0.4) is 0 Å². The van der Waals surface area contributed by atoms with Crippen LogP contribution in [0.25, 0.3) is 5.76 Å². The van der Waals surface area contributed by atoms with Crippen LogP contribution in [0.1, 0.15) is 33.9 Å². The number of ether oxygens (including phenoxy) is 1. The zero-order valence-corrected chi connectivity index (χ0v) is 24.9. The number of thioether (sulfide) groups is 1. The minimum Gasteiger partial charge on any atom is -0.507 e. The number of carbonyl (C=O) groups excluding carboxylic acids is 2. The van der Waals surface area contributed by atoms with E-state index in [-0.39, 0.29) is 28.0 Å². The molecule has 1 fully saturated rings. The molecule has 1 aliphatic rings. The smallest absolute Gasteiger partial charge is 0.301 e. The summed E-state index contributed by atoms with van der Waals surface area (Å²) in [7, 11) is 1.40. The van der Waals surface area contributed by atoms with E-state index >= 15 is 0 Å². The van der Waals surface area contributed by atoms with E-state index in [0.29, 0.717) is 25.7 Å². The number of hydrogen-bond donors (Lipinski definition) is 2. The number of amides is 1. The average molecular weight is 639 g/mol. The number of rotatable bonds is 7. The summed E-state index contributed by atoms with van der Waals surface area (Å²) >= 11 is 5.99. The Balaban J connectivity index is 1.64. The summed E-state index contributed by atoms with van der Waals surface area (Å²) < 4.78 is 6.26. The number of Topliss-reactive ketones (excluding diaryl/α,β-unsaturated/α-hetero) is 1. The van der Waals surface area contributed by atoms with E-state index in [2.05, 4.69) is 26.1 Å². The molecular weight excluding hydrogens is 614 g/mol. The van der Waals surface area contributed by atoms with Crippen molar-refractivity contribution in [2.24, 2.45) is 0 Å². The number of anilines is 1. The Kier molecular flexibility index (Phi) is 7.97. The SMILES string of the molecule is COc1cc(C2/C(=C(\O)c3cc(C)ccc3C)C(=O)C(=O)N2c2nnc(SCc3ccccc3)s2)cc(Br)c1O. The lowest BCUT2D eigenvalue weighted by Gasteiger charge is -2.23. The second-order valence-corrected chi connectivity index (χ2v) is 12.2. The molecule has 8 nitrogen and oxygen atoms in total. The molecular formula is C29H24BrN3O5S2. The van der Waals surface area contributed by atoms with Gasteiger partial charge in [-0.1, -0.05) is 71.1 Å². The minimum atomic E-state index is -1.05. The highest BCUT2D eigenvalue weighted by atomic mass is 79.9. The standard InChI is InChI=1S/C29H24BrN3O5S2/c1-15-9-10-16(2)19(11-15)24(34)22-23(18-12-20(30)25(35)21(13-18)38-3)33(27(37)26(22)36)28-31-32-29(40-28)39-14-17-7-5-4-6-8-17/h4-13,23,34-35H,14H2,1-3H3/b24-22+. The van der Waals surface area contributed by atoms with Crippen LogP contribution < -0.4 is 9.64 Å². The molecule has 1 atom stereocenters. The van der Waals surface area contributed by atoms with Gasteiger partial charge >= 0.3 is 5.91 Å². The first-order valence-electron chi connectivity index (χ1n) is 12.1. The topological polar surface area (TPSA) is 113 Å². The van der Waals surface area contributed by atoms with Crippen molar-refractivity contribution in [2.45, 2.75) is 30.0 Å². The first kappa shape index (κ1) is 27.9. The second-order valence-electron chi connectivity index (χ2n) is 9.17. The molecule has 1 aliphatic heterocycles. The highest BCUT2D eigenvalue weighted by Crippen LogP contribution is 2.47. The predicted molar refractivity (Wildman–Crippen MR) is 159 cm³/mol. The van der Waals surface area contributed by atoms with Crippen LogP contribution in [-0.4, -0.2) is 39.2 Å². The molecule has 0 aliphatic carbocycles. The van der Waals surface area contributed by atoms with Gasteiger partial charge < -0.3 is 14.9 Å². The Hall–Kier alpha value is -3.67. The maximum Gasteiger partial charge on any atom is 0.301 e. The molecule has 5 rings (SSSR count). The molecule has 0 bridgehead atoms. The largest absolute Gasteiger partial charge is 0.507 e. The zero-order chi connectivity index (χ0) is 28.6. The van der Waals surface area contributed by atoms with Crippen LogP contribution in [0.4, 0.5) is 5.13 Å². The van der Waals surface area contributed by atoms with Crippen LogP contribution >= 0.6 is 39.0 Å². The molecule has 40 heavy (non-hydrogen) atoms. The molecule has 2 N–H and O–H groups in total. The summed E-state index contributed by atoms with van der Waals surface area (Å²) in [5.41, 5.74) is 3.53. The maximum absolute atomic E-state index is 13.6. The fraction of sp³-hybridized carbons (Fsp3) is 0.172. The quantitative estimate of drug-likeness (QED) is 0.0771. The van der Waals surface area contributed by atoms with E-state index in [1.54, 1.807) is 12.1 Å². The Morgan fingerprint density at radius 2 is 1.85 bits per heavy atom. The van der Waals surface area contributed by atoms with E-state index < -0.39 is 17.7 Å². The van der Waals surface area contributed by atoms with Crippen molar-refractivity contribution in [3.63, 3.8) is 0 Å². The van der Waals surface area contributed by atoms with Gasteiger partial charge in [0, 0.05) is 11.3 Å². The van der Waals surface area contributed by atoms with Gasteiger partial charge in [0.2, 0.25) is 5.13 Å². The lowest BCUT2D eigenvalue weighted by molar-refractivity contribution is -0.132. The monoisotopic (exact) mass is 637 g/mol. The summed E-state index contributed by atoms with van der Waals surface area (Å²) in [5.74, 6) is -1.31. The number of phenols is 1. The lowest BCUT2D eigenvalue weighted by Crippen LogP contribution is -2.29. The predicted octanol–water partition coefficient (Wildman–Crippen LogP) is 6.55. The number of aliphatic hydroxyl groups excluding tert-OH is 1. The van der Waals surface area contributed by atoms with Gasteiger partial charge in [-0.2, -0.15) is 0 Å². The average Bonchev–Trinajstić information content (AvgIpc) is 3.52. The fourth-order valence-electron chi connectivity index (χ4n) is 4.47. The van der Waals surface area contributed by atoms with E-state index in [0.717, 1.165) is 16.7 Å². The summed E-state index contributed by atoms with van der Waals surface area (Å²) in [4.78, 5) is 28.4. The van der Waals surface area contributed by atoms with E-state index in [9.17, 15) is 19.8 Å². The third kappa shape index (κ3) is 5.24. The maximum atomic E-state index is 13.6. The van der Waals surface area contributed by atoms with Crippen LogP contribution in [-0.2, 0) is 15.3 Å². The van der Waals surface area contributed by atoms with Gasteiger partial charge in [-0.25, -0.2) is 0 Å². The van der Waals surface area contributed by atoms with Gasteiger partial charge in [-0.15, -0.1) is 10.2 Å². The molecule has 2 heterocycles. The minimum absolute atomic E-state index is 0.0907. The van der Waals surface area contributed by atoms with Gasteiger partial charge in [0.25, 0.3) is 5.78 Å². The molecule has 0 saturated carbocycles. The number of ketones is 1. The molecule has 3 aromatic carbocycles. The van der Waals surface area contributed by atoms with Crippen molar-refractivity contribution < 1.29 is 24.5 Å². The number of aryl methyl sites for hydroxylation is 2.